The average molecular weight is 447 g/mol. The van der Waals surface area contributed by atoms with Gasteiger partial charge in [-0.15, -0.1) is 0 Å². The number of ether oxygens (including phenoxy) is 2. The van der Waals surface area contributed by atoms with Crippen molar-refractivity contribution < 1.29 is 37.1 Å². The number of carbonyl (C=O) groups is 1. The lowest BCUT2D eigenvalue weighted by Gasteiger charge is -2.23. The SMILES string of the molecule is O=C(O)C1(Cc2ccc(OCc3cc(-c4ccc(C(F)(F)F)cc4)no3)cc2)CCCO1. The quantitative estimate of drug-likeness (QED) is 0.542. The van der Waals surface area contributed by atoms with Crippen molar-refractivity contribution in [2.75, 3.05) is 6.61 Å². The van der Waals surface area contributed by atoms with Crippen molar-refractivity contribution in [3.8, 4) is 17.0 Å². The van der Waals surface area contributed by atoms with Crippen molar-refractivity contribution in [3.05, 3.63) is 71.5 Å². The first-order chi connectivity index (χ1) is 15.2. The van der Waals surface area contributed by atoms with Crippen LogP contribution in [0.4, 0.5) is 13.2 Å². The zero-order valence-electron chi connectivity index (χ0n) is 16.9. The maximum absolute atomic E-state index is 12.7. The number of halogens is 3. The highest BCUT2D eigenvalue weighted by Gasteiger charge is 2.42. The van der Waals surface area contributed by atoms with Gasteiger partial charge in [0.2, 0.25) is 0 Å². The Balaban J connectivity index is 1.35. The van der Waals surface area contributed by atoms with Gasteiger partial charge in [0.1, 0.15) is 18.1 Å². The van der Waals surface area contributed by atoms with Crippen molar-refractivity contribution in [1.82, 2.24) is 5.16 Å². The molecule has 1 aliphatic heterocycles. The Hall–Kier alpha value is -3.33. The predicted molar refractivity (Wildman–Crippen MR) is 107 cm³/mol. The van der Waals surface area contributed by atoms with Crippen LogP contribution < -0.4 is 4.74 Å². The summed E-state index contributed by atoms with van der Waals surface area (Å²) in [6.07, 6.45) is -2.91. The van der Waals surface area contributed by atoms with Crippen LogP contribution in [0.15, 0.2) is 59.1 Å². The van der Waals surface area contributed by atoms with Crippen LogP contribution in [0.2, 0.25) is 0 Å². The highest BCUT2D eigenvalue weighted by atomic mass is 19.4. The van der Waals surface area contributed by atoms with Crippen LogP contribution in [0.3, 0.4) is 0 Å². The van der Waals surface area contributed by atoms with E-state index in [-0.39, 0.29) is 13.0 Å². The summed E-state index contributed by atoms with van der Waals surface area (Å²) in [5.74, 6) is 0.00982. The molecule has 1 N–H and O–H groups in total. The van der Waals surface area contributed by atoms with Gasteiger partial charge in [-0.05, 0) is 42.7 Å². The van der Waals surface area contributed by atoms with Crippen LogP contribution in [0.25, 0.3) is 11.3 Å². The molecule has 32 heavy (non-hydrogen) atoms. The van der Waals surface area contributed by atoms with Gasteiger partial charge in [-0.1, -0.05) is 29.4 Å². The molecule has 1 aromatic heterocycles. The minimum absolute atomic E-state index is 0.0785. The Morgan fingerprint density at radius 1 is 1.12 bits per heavy atom. The normalized spacial score (nSPS) is 18.6. The van der Waals surface area contributed by atoms with E-state index in [1.807, 2.05) is 0 Å². The van der Waals surface area contributed by atoms with E-state index in [1.165, 1.54) is 12.1 Å². The Labute approximate surface area is 181 Å². The van der Waals surface area contributed by atoms with Crippen molar-refractivity contribution in [3.63, 3.8) is 0 Å². The molecule has 2 aromatic carbocycles. The van der Waals surface area contributed by atoms with Crippen LogP contribution in [-0.2, 0) is 28.7 Å². The van der Waals surface area contributed by atoms with Gasteiger partial charge < -0.3 is 19.1 Å². The second-order valence-electron chi connectivity index (χ2n) is 7.61. The molecule has 1 unspecified atom stereocenters. The van der Waals surface area contributed by atoms with Crippen LogP contribution in [0, 0.1) is 0 Å². The lowest BCUT2D eigenvalue weighted by molar-refractivity contribution is -0.159. The minimum Gasteiger partial charge on any atom is -0.486 e. The topological polar surface area (TPSA) is 81.8 Å². The summed E-state index contributed by atoms with van der Waals surface area (Å²) >= 11 is 0. The summed E-state index contributed by atoms with van der Waals surface area (Å²) in [6.45, 7) is 0.522. The van der Waals surface area contributed by atoms with Crippen LogP contribution in [0.1, 0.15) is 29.7 Å². The Bertz CT molecular complexity index is 1070. The van der Waals surface area contributed by atoms with Gasteiger partial charge >= 0.3 is 12.1 Å². The van der Waals surface area contributed by atoms with Crippen molar-refractivity contribution in [2.45, 2.75) is 37.6 Å². The Morgan fingerprint density at radius 2 is 1.84 bits per heavy atom. The molecule has 1 aliphatic rings. The van der Waals surface area contributed by atoms with Crippen molar-refractivity contribution in [2.24, 2.45) is 0 Å². The number of rotatable bonds is 7. The molecule has 0 saturated carbocycles. The van der Waals surface area contributed by atoms with Crippen molar-refractivity contribution >= 4 is 5.97 Å². The molecular weight excluding hydrogens is 427 g/mol. The lowest BCUT2D eigenvalue weighted by atomic mass is 9.92. The molecule has 0 spiro atoms. The molecule has 0 aliphatic carbocycles. The summed E-state index contributed by atoms with van der Waals surface area (Å²) < 4.78 is 54.4. The van der Waals surface area contributed by atoms with E-state index < -0.39 is 23.3 Å². The first-order valence-corrected chi connectivity index (χ1v) is 9.97. The number of hydrogen-bond acceptors (Lipinski definition) is 5. The van der Waals surface area contributed by atoms with Gasteiger partial charge in [0, 0.05) is 24.7 Å². The first-order valence-electron chi connectivity index (χ1n) is 9.97. The van der Waals surface area contributed by atoms with E-state index in [1.54, 1.807) is 30.3 Å². The molecular formula is C23H20F3NO5. The van der Waals surface area contributed by atoms with Crippen LogP contribution >= 0.6 is 0 Å². The average Bonchev–Trinajstić information content (AvgIpc) is 3.43. The second kappa shape index (κ2) is 8.66. The molecule has 168 valence electrons. The maximum Gasteiger partial charge on any atom is 0.416 e. The highest BCUT2D eigenvalue weighted by molar-refractivity contribution is 5.78. The molecule has 6 nitrogen and oxygen atoms in total. The molecule has 0 bridgehead atoms. The third-order valence-electron chi connectivity index (χ3n) is 5.35. The number of hydrogen-bond donors (Lipinski definition) is 1. The van der Waals surface area contributed by atoms with E-state index in [9.17, 15) is 23.1 Å². The highest BCUT2D eigenvalue weighted by Crippen LogP contribution is 2.32. The fourth-order valence-electron chi connectivity index (χ4n) is 3.62. The fourth-order valence-corrected chi connectivity index (χ4v) is 3.62. The van der Waals surface area contributed by atoms with E-state index in [0.717, 1.165) is 24.1 Å². The first kappa shape index (κ1) is 21.9. The van der Waals surface area contributed by atoms with Crippen molar-refractivity contribution in [1.29, 1.82) is 0 Å². The summed E-state index contributed by atoms with van der Waals surface area (Å²) in [5, 5.41) is 13.4. The van der Waals surface area contributed by atoms with E-state index in [0.29, 0.717) is 35.8 Å². The summed E-state index contributed by atoms with van der Waals surface area (Å²) in [5.41, 5.74) is -0.171. The van der Waals surface area contributed by atoms with Gasteiger partial charge in [-0.2, -0.15) is 13.2 Å². The third kappa shape index (κ3) is 4.77. The molecule has 3 aromatic rings. The smallest absolute Gasteiger partial charge is 0.416 e. The molecule has 2 heterocycles. The molecule has 0 amide bonds. The third-order valence-corrected chi connectivity index (χ3v) is 5.35. The molecule has 1 fully saturated rings. The number of carboxylic acids is 1. The summed E-state index contributed by atoms with van der Waals surface area (Å²) in [4.78, 5) is 11.6. The zero-order chi connectivity index (χ0) is 22.8. The standard InChI is InChI=1S/C23H20F3NO5/c24-23(25,26)17-6-4-16(5-7-17)20-12-19(32-27-20)14-30-18-8-2-15(3-9-18)13-22(21(28)29)10-1-11-31-22/h2-9,12H,1,10-11,13-14H2,(H,28,29). The Morgan fingerprint density at radius 3 is 2.44 bits per heavy atom. The number of nitrogens with zero attached hydrogens (tertiary/aromatic N) is 1. The number of aromatic nitrogens is 1. The van der Waals surface area contributed by atoms with Gasteiger partial charge in [0.05, 0.1) is 5.56 Å². The number of carboxylic acid groups (broad SMARTS) is 1. The number of alkyl halides is 3. The monoisotopic (exact) mass is 447 g/mol. The Kier molecular flexibility index (Phi) is 5.92. The van der Waals surface area contributed by atoms with Gasteiger partial charge in [0.25, 0.3) is 0 Å². The van der Waals surface area contributed by atoms with Crippen LogP contribution in [0.5, 0.6) is 5.75 Å². The molecule has 1 atom stereocenters. The largest absolute Gasteiger partial charge is 0.486 e. The van der Waals surface area contributed by atoms with E-state index in [2.05, 4.69) is 5.16 Å². The van der Waals surface area contributed by atoms with E-state index in [4.69, 9.17) is 14.0 Å². The minimum atomic E-state index is -4.39. The fraction of sp³-hybridized carbons (Fsp3) is 0.304. The number of aliphatic carboxylic acids is 1. The summed E-state index contributed by atoms with van der Waals surface area (Å²) in [6, 6.07) is 13.3. The molecule has 0 radical (unpaired) electrons. The molecule has 1 saturated heterocycles. The van der Waals surface area contributed by atoms with Crippen LogP contribution in [-0.4, -0.2) is 28.4 Å². The zero-order valence-corrected chi connectivity index (χ0v) is 16.9. The van der Waals surface area contributed by atoms with Gasteiger partial charge in [-0.25, -0.2) is 4.79 Å². The van der Waals surface area contributed by atoms with Gasteiger partial charge in [0.15, 0.2) is 11.4 Å². The predicted octanol–water partition coefficient (Wildman–Crippen LogP) is 5.12. The summed E-state index contributed by atoms with van der Waals surface area (Å²) in [7, 11) is 0. The lowest BCUT2D eigenvalue weighted by Crippen LogP contribution is -2.40. The number of benzene rings is 2. The maximum atomic E-state index is 12.7. The molecule has 4 rings (SSSR count). The van der Waals surface area contributed by atoms with Gasteiger partial charge in [-0.3, -0.25) is 0 Å². The second-order valence-corrected chi connectivity index (χ2v) is 7.61. The van der Waals surface area contributed by atoms with E-state index >= 15 is 0 Å². The molecule has 9 heteroatoms.